The number of carbonyl (C=O) groups is 3. The van der Waals surface area contributed by atoms with Crippen LogP contribution in [0.4, 0.5) is 4.79 Å². The van der Waals surface area contributed by atoms with Crippen molar-refractivity contribution >= 4 is 18.0 Å². The van der Waals surface area contributed by atoms with Crippen molar-refractivity contribution in [3.63, 3.8) is 0 Å². The summed E-state index contributed by atoms with van der Waals surface area (Å²) in [6.45, 7) is 2.12. The van der Waals surface area contributed by atoms with E-state index in [1.54, 1.807) is 0 Å². The summed E-state index contributed by atoms with van der Waals surface area (Å²) >= 11 is 0. The summed E-state index contributed by atoms with van der Waals surface area (Å²) in [5.41, 5.74) is 4.55. The Hall–Kier alpha value is -3.35. The molecule has 4 rings (SSSR count). The van der Waals surface area contributed by atoms with Crippen LogP contribution in [-0.4, -0.2) is 41.8 Å². The number of hydrogen-bond donors (Lipinski definition) is 3. The molecule has 0 heterocycles. The average molecular weight is 451 g/mol. The lowest BCUT2D eigenvalue weighted by Gasteiger charge is -2.22. The quantitative estimate of drug-likeness (QED) is 0.506. The van der Waals surface area contributed by atoms with E-state index >= 15 is 0 Å². The maximum absolute atomic E-state index is 12.8. The number of rotatable bonds is 10. The maximum atomic E-state index is 12.8. The highest BCUT2D eigenvalue weighted by Gasteiger charge is 2.38. The van der Waals surface area contributed by atoms with Crippen molar-refractivity contribution in [1.82, 2.24) is 10.6 Å². The molecule has 0 saturated heterocycles. The molecule has 0 aliphatic heterocycles. The molecule has 7 nitrogen and oxygen atoms in total. The zero-order valence-electron chi connectivity index (χ0n) is 18.8. The molecule has 0 spiro atoms. The number of hydrogen-bond acceptors (Lipinski definition) is 4. The van der Waals surface area contributed by atoms with Crippen molar-refractivity contribution in [2.45, 2.75) is 57.0 Å². The van der Waals surface area contributed by atoms with E-state index in [1.165, 1.54) is 0 Å². The lowest BCUT2D eigenvalue weighted by atomic mass is 9.98. The molecule has 2 atom stereocenters. The van der Waals surface area contributed by atoms with E-state index in [4.69, 9.17) is 9.84 Å². The van der Waals surface area contributed by atoms with Crippen LogP contribution in [0.15, 0.2) is 48.5 Å². The van der Waals surface area contributed by atoms with Gasteiger partial charge in [0.25, 0.3) is 0 Å². The molecule has 2 aliphatic carbocycles. The Kier molecular flexibility index (Phi) is 6.96. The lowest BCUT2D eigenvalue weighted by molar-refractivity contribution is -0.137. The fourth-order valence-electron chi connectivity index (χ4n) is 4.67. The fourth-order valence-corrected chi connectivity index (χ4v) is 4.67. The molecule has 7 heteroatoms. The molecule has 0 radical (unpaired) electrons. The zero-order valence-corrected chi connectivity index (χ0v) is 18.8. The van der Waals surface area contributed by atoms with Crippen LogP contribution in [0.1, 0.15) is 56.1 Å². The average Bonchev–Trinajstić information content (AvgIpc) is 3.58. The van der Waals surface area contributed by atoms with Gasteiger partial charge in [0, 0.05) is 12.0 Å². The number of carboxylic acids is 1. The molecular formula is C26H30N2O5. The van der Waals surface area contributed by atoms with Crippen molar-refractivity contribution in [1.29, 1.82) is 0 Å². The largest absolute Gasteiger partial charge is 0.481 e. The number of carbonyl (C=O) groups excluding carboxylic acids is 2. The van der Waals surface area contributed by atoms with Gasteiger partial charge in [-0.3, -0.25) is 9.59 Å². The summed E-state index contributed by atoms with van der Waals surface area (Å²) in [5.74, 6) is -1.30. The second-order valence-electron chi connectivity index (χ2n) is 8.88. The van der Waals surface area contributed by atoms with Gasteiger partial charge < -0.3 is 20.5 Å². The predicted octanol–water partition coefficient (Wildman–Crippen LogP) is 4.06. The number of ether oxygens (including phenoxy) is 1. The molecule has 3 N–H and O–H groups in total. The highest BCUT2D eigenvalue weighted by molar-refractivity contribution is 5.87. The molecule has 1 saturated carbocycles. The fraction of sp³-hybridized carbons (Fsp3) is 0.423. The maximum Gasteiger partial charge on any atom is 0.407 e. The Morgan fingerprint density at radius 1 is 1.00 bits per heavy atom. The van der Waals surface area contributed by atoms with Gasteiger partial charge in [-0.25, -0.2) is 4.79 Å². The number of carboxylic acid groups (broad SMARTS) is 1. The Labute approximate surface area is 193 Å². The minimum absolute atomic E-state index is 0.0533. The second-order valence-corrected chi connectivity index (χ2v) is 8.88. The summed E-state index contributed by atoms with van der Waals surface area (Å²) in [6.07, 6.45) is 2.25. The van der Waals surface area contributed by atoms with E-state index in [-0.39, 0.29) is 30.8 Å². The van der Waals surface area contributed by atoms with Gasteiger partial charge in [0.2, 0.25) is 5.91 Å². The molecule has 0 bridgehead atoms. The molecule has 2 aromatic carbocycles. The van der Waals surface area contributed by atoms with E-state index in [9.17, 15) is 14.4 Å². The third-order valence-corrected chi connectivity index (χ3v) is 6.40. The van der Waals surface area contributed by atoms with Crippen LogP contribution in [0.2, 0.25) is 0 Å². The third kappa shape index (κ3) is 5.35. The summed E-state index contributed by atoms with van der Waals surface area (Å²) in [6, 6.07) is 15.1. The highest BCUT2D eigenvalue weighted by atomic mass is 16.5. The number of amides is 2. The number of benzene rings is 2. The van der Waals surface area contributed by atoms with E-state index in [0.717, 1.165) is 41.5 Å². The summed E-state index contributed by atoms with van der Waals surface area (Å²) in [5, 5.41) is 14.6. The number of alkyl carbamates (subject to hydrolysis) is 1. The first-order chi connectivity index (χ1) is 16.0. The molecule has 2 aliphatic rings. The number of aliphatic carboxylic acids is 1. The Morgan fingerprint density at radius 3 is 2.15 bits per heavy atom. The minimum Gasteiger partial charge on any atom is -0.481 e. The molecule has 174 valence electrons. The van der Waals surface area contributed by atoms with Gasteiger partial charge in [-0.15, -0.1) is 0 Å². The van der Waals surface area contributed by atoms with E-state index in [0.29, 0.717) is 6.42 Å². The van der Waals surface area contributed by atoms with Crippen LogP contribution in [0, 0.1) is 5.92 Å². The molecule has 2 aromatic rings. The predicted molar refractivity (Wildman–Crippen MR) is 124 cm³/mol. The smallest absolute Gasteiger partial charge is 0.407 e. The first-order valence-electron chi connectivity index (χ1n) is 11.6. The Bertz CT molecular complexity index is 987. The van der Waals surface area contributed by atoms with Gasteiger partial charge in [0.15, 0.2) is 0 Å². The van der Waals surface area contributed by atoms with Crippen LogP contribution in [0.25, 0.3) is 11.1 Å². The van der Waals surface area contributed by atoms with Crippen molar-refractivity contribution in [2.24, 2.45) is 5.92 Å². The van der Waals surface area contributed by atoms with Gasteiger partial charge in [-0.1, -0.05) is 61.9 Å². The number of fused-ring (bicyclic) bond motifs is 3. The van der Waals surface area contributed by atoms with Crippen LogP contribution < -0.4 is 10.6 Å². The first-order valence-corrected chi connectivity index (χ1v) is 11.6. The minimum atomic E-state index is -0.957. The van der Waals surface area contributed by atoms with Gasteiger partial charge >= 0.3 is 12.1 Å². The normalized spacial score (nSPS) is 16.3. The topological polar surface area (TPSA) is 105 Å². The van der Waals surface area contributed by atoms with Gasteiger partial charge in [0.1, 0.15) is 12.6 Å². The first kappa shape index (κ1) is 22.8. The molecule has 2 amide bonds. The number of nitrogens with one attached hydrogen (secondary N) is 2. The Morgan fingerprint density at radius 2 is 1.61 bits per heavy atom. The van der Waals surface area contributed by atoms with Crippen LogP contribution in [-0.2, 0) is 14.3 Å². The van der Waals surface area contributed by atoms with E-state index in [1.807, 2.05) is 31.2 Å². The monoisotopic (exact) mass is 450 g/mol. The van der Waals surface area contributed by atoms with Crippen LogP contribution >= 0.6 is 0 Å². The molecule has 1 unspecified atom stereocenters. The SMILES string of the molecule is CCC[C@@H](CC(=O)O)NC(=O)C(NC(=O)OCC1c2ccccc2-c2ccccc21)C1CC1. The van der Waals surface area contributed by atoms with Crippen molar-refractivity contribution < 1.29 is 24.2 Å². The molecule has 1 fully saturated rings. The summed E-state index contributed by atoms with van der Waals surface area (Å²) in [4.78, 5) is 36.6. The zero-order chi connectivity index (χ0) is 23.4. The third-order valence-electron chi connectivity index (χ3n) is 6.40. The van der Waals surface area contributed by atoms with Crippen molar-refractivity contribution in [3.05, 3.63) is 59.7 Å². The van der Waals surface area contributed by atoms with Crippen LogP contribution in [0.5, 0.6) is 0 Å². The Balaban J connectivity index is 1.38. The summed E-state index contributed by atoms with van der Waals surface area (Å²) in [7, 11) is 0. The molecule has 0 aromatic heterocycles. The van der Waals surface area contributed by atoms with Crippen molar-refractivity contribution in [2.75, 3.05) is 6.61 Å². The molecule has 33 heavy (non-hydrogen) atoms. The standard InChI is InChI=1S/C26H30N2O5/c1-2-7-17(14-23(29)30)27-25(31)24(16-12-13-16)28-26(32)33-15-22-20-10-5-3-8-18(20)19-9-4-6-11-21(19)22/h3-6,8-11,16-17,22,24H,2,7,12-15H2,1H3,(H,27,31)(H,28,32)(H,29,30)/t17-,24?/m0/s1. The lowest BCUT2D eigenvalue weighted by Crippen LogP contribution is -2.51. The van der Waals surface area contributed by atoms with Crippen molar-refractivity contribution in [3.8, 4) is 11.1 Å². The molecular weight excluding hydrogens is 420 g/mol. The van der Waals surface area contributed by atoms with Crippen LogP contribution in [0.3, 0.4) is 0 Å². The van der Waals surface area contributed by atoms with Gasteiger partial charge in [-0.2, -0.15) is 0 Å². The van der Waals surface area contributed by atoms with E-state index in [2.05, 4.69) is 34.9 Å². The highest BCUT2D eigenvalue weighted by Crippen LogP contribution is 2.44. The summed E-state index contributed by atoms with van der Waals surface area (Å²) < 4.78 is 5.59. The second kappa shape index (κ2) is 10.1. The van der Waals surface area contributed by atoms with Gasteiger partial charge in [-0.05, 0) is 47.4 Å². The van der Waals surface area contributed by atoms with Gasteiger partial charge in [0.05, 0.1) is 6.42 Å². The van der Waals surface area contributed by atoms with E-state index < -0.39 is 24.1 Å².